The molecule has 0 fully saturated rings. The molecule has 1 aliphatic heterocycles. The standard InChI is InChI=1S/C24H22ClN3O7S/c25-20-7-5-18(6-8-20)17-3-1-16(2-4-17)12-14-36(33,34)27-13-11-19-15-21(28(31)32)9-10-22(19)23(27)35-24(29)26-30/h1-10,15,23,30H,11-14H2,(H,26,29). The summed E-state index contributed by atoms with van der Waals surface area (Å²) in [5.74, 6) is -0.254. The maximum absolute atomic E-state index is 13.3. The molecule has 0 radical (unpaired) electrons. The molecule has 10 nitrogen and oxygen atoms in total. The van der Waals surface area contributed by atoms with Gasteiger partial charge in [0.25, 0.3) is 5.69 Å². The molecule has 0 aromatic heterocycles. The van der Waals surface area contributed by atoms with Gasteiger partial charge in [0, 0.05) is 29.3 Å². The molecule has 1 heterocycles. The topological polar surface area (TPSA) is 139 Å². The van der Waals surface area contributed by atoms with E-state index in [0.29, 0.717) is 16.1 Å². The van der Waals surface area contributed by atoms with Gasteiger partial charge < -0.3 is 4.74 Å². The smallest absolute Gasteiger partial charge is 0.423 e. The predicted octanol–water partition coefficient (Wildman–Crippen LogP) is 4.46. The molecule has 0 spiro atoms. The first kappa shape index (κ1) is 25.6. The molecular formula is C24H22ClN3O7S. The lowest BCUT2D eigenvalue weighted by molar-refractivity contribution is -0.385. The number of hydrogen-bond donors (Lipinski definition) is 2. The van der Waals surface area contributed by atoms with Gasteiger partial charge in [0.15, 0.2) is 6.23 Å². The van der Waals surface area contributed by atoms with Crippen molar-refractivity contribution in [2.24, 2.45) is 0 Å². The van der Waals surface area contributed by atoms with Gasteiger partial charge in [0.1, 0.15) is 0 Å². The third-order valence-corrected chi connectivity index (χ3v) is 7.97. The van der Waals surface area contributed by atoms with Crippen LogP contribution in [0.5, 0.6) is 0 Å². The monoisotopic (exact) mass is 531 g/mol. The number of nitrogens with zero attached hydrogens (tertiary/aromatic N) is 2. The minimum atomic E-state index is -3.92. The first-order valence-electron chi connectivity index (χ1n) is 10.9. The van der Waals surface area contributed by atoms with E-state index in [1.165, 1.54) is 23.7 Å². The number of benzene rings is 3. The highest BCUT2D eigenvalue weighted by Crippen LogP contribution is 2.35. The van der Waals surface area contributed by atoms with Gasteiger partial charge in [-0.3, -0.25) is 15.3 Å². The minimum Gasteiger partial charge on any atom is -0.423 e. The largest absolute Gasteiger partial charge is 0.432 e. The van der Waals surface area contributed by atoms with E-state index in [1.807, 2.05) is 36.4 Å². The van der Waals surface area contributed by atoms with E-state index >= 15 is 0 Å². The molecule has 3 aromatic rings. The Kier molecular flexibility index (Phi) is 7.55. The molecule has 36 heavy (non-hydrogen) atoms. The van der Waals surface area contributed by atoms with Gasteiger partial charge in [-0.05, 0) is 53.3 Å². The normalized spacial score (nSPS) is 15.7. The van der Waals surface area contributed by atoms with E-state index in [4.69, 9.17) is 21.5 Å². The van der Waals surface area contributed by atoms with Crippen molar-refractivity contribution in [3.8, 4) is 11.1 Å². The van der Waals surface area contributed by atoms with Crippen LogP contribution >= 0.6 is 11.6 Å². The number of hydroxylamine groups is 1. The van der Waals surface area contributed by atoms with E-state index < -0.39 is 27.3 Å². The number of non-ortho nitro benzene ring substituents is 1. The van der Waals surface area contributed by atoms with Crippen molar-refractivity contribution in [1.29, 1.82) is 0 Å². The summed E-state index contributed by atoms with van der Waals surface area (Å²) in [5, 5.41) is 20.7. The summed E-state index contributed by atoms with van der Waals surface area (Å²) in [6, 6.07) is 18.8. The Morgan fingerprint density at radius 2 is 1.75 bits per heavy atom. The Morgan fingerprint density at radius 1 is 1.11 bits per heavy atom. The summed E-state index contributed by atoms with van der Waals surface area (Å²) in [6.45, 7) is -0.0462. The Bertz CT molecular complexity index is 1380. The fourth-order valence-corrected chi connectivity index (χ4v) is 5.74. The number of carbonyl (C=O) groups is 1. The van der Waals surface area contributed by atoms with Crippen LogP contribution in [0, 0.1) is 10.1 Å². The van der Waals surface area contributed by atoms with Crippen LogP contribution in [0.15, 0.2) is 66.7 Å². The van der Waals surface area contributed by atoms with Crippen LogP contribution in [-0.2, 0) is 27.6 Å². The number of sulfonamides is 1. The lowest BCUT2D eigenvalue weighted by atomic mass is 9.99. The van der Waals surface area contributed by atoms with Crippen molar-refractivity contribution in [3.05, 3.63) is 98.6 Å². The highest BCUT2D eigenvalue weighted by molar-refractivity contribution is 7.89. The summed E-state index contributed by atoms with van der Waals surface area (Å²) in [7, 11) is -3.92. The van der Waals surface area contributed by atoms with E-state index in [9.17, 15) is 23.3 Å². The van der Waals surface area contributed by atoms with Crippen molar-refractivity contribution < 1.29 is 28.1 Å². The van der Waals surface area contributed by atoms with Crippen molar-refractivity contribution >= 4 is 33.4 Å². The summed E-state index contributed by atoms with van der Waals surface area (Å²) in [4.78, 5) is 22.3. The first-order valence-corrected chi connectivity index (χ1v) is 12.9. The number of carbonyl (C=O) groups excluding carboxylic acids is 1. The predicted molar refractivity (Wildman–Crippen MR) is 132 cm³/mol. The zero-order valence-corrected chi connectivity index (χ0v) is 20.4. The average Bonchev–Trinajstić information content (AvgIpc) is 2.88. The van der Waals surface area contributed by atoms with Gasteiger partial charge in [0.2, 0.25) is 10.0 Å². The minimum absolute atomic E-state index is 0.0462. The second-order valence-corrected chi connectivity index (χ2v) is 10.6. The number of halogens is 1. The van der Waals surface area contributed by atoms with E-state index in [2.05, 4.69) is 0 Å². The molecule has 0 saturated heterocycles. The molecule has 0 saturated carbocycles. The van der Waals surface area contributed by atoms with Gasteiger partial charge >= 0.3 is 6.09 Å². The number of rotatable bonds is 7. The van der Waals surface area contributed by atoms with Crippen LogP contribution in [0.25, 0.3) is 11.1 Å². The van der Waals surface area contributed by atoms with Crippen LogP contribution < -0.4 is 5.48 Å². The fraction of sp³-hybridized carbons (Fsp3) is 0.208. The molecule has 2 N–H and O–H groups in total. The van der Waals surface area contributed by atoms with Crippen molar-refractivity contribution in [1.82, 2.24) is 9.79 Å². The van der Waals surface area contributed by atoms with Crippen molar-refractivity contribution in [2.45, 2.75) is 19.1 Å². The molecule has 1 unspecified atom stereocenters. The van der Waals surface area contributed by atoms with Crippen molar-refractivity contribution in [2.75, 3.05) is 12.3 Å². The molecule has 0 aliphatic carbocycles. The zero-order chi connectivity index (χ0) is 25.9. The van der Waals surface area contributed by atoms with E-state index in [-0.39, 0.29) is 30.8 Å². The lowest BCUT2D eigenvalue weighted by Crippen LogP contribution is -2.44. The molecule has 0 bridgehead atoms. The van der Waals surface area contributed by atoms with Gasteiger partial charge in [0.05, 0.1) is 10.7 Å². The molecule has 12 heteroatoms. The third-order valence-electron chi connectivity index (χ3n) is 5.91. The van der Waals surface area contributed by atoms with Crippen molar-refractivity contribution in [3.63, 3.8) is 0 Å². The number of nitro benzene ring substituents is 1. The van der Waals surface area contributed by atoms with Gasteiger partial charge in [-0.15, -0.1) is 0 Å². The Hall–Kier alpha value is -3.51. The highest BCUT2D eigenvalue weighted by Gasteiger charge is 2.38. The molecule has 4 rings (SSSR count). The number of amides is 1. The van der Waals surface area contributed by atoms with Gasteiger partial charge in [-0.1, -0.05) is 48.0 Å². The van der Waals surface area contributed by atoms with E-state index in [1.54, 1.807) is 12.1 Å². The molecule has 1 amide bonds. The van der Waals surface area contributed by atoms with Gasteiger partial charge in [-0.25, -0.2) is 18.7 Å². The average molecular weight is 532 g/mol. The number of fused-ring (bicyclic) bond motifs is 1. The summed E-state index contributed by atoms with van der Waals surface area (Å²) >= 11 is 5.93. The fourth-order valence-electron chi connectivity index (χ4n) is 4.07. The number of nitrogens with one attached hydrogen (secondary N) is 1. The maximum atomic E-state index is 13.3. The van der Waals surface area contributed by atoms with Gasteiger partial charge in [-0.2, -0.15) is 4.31 Å². The zero-order valence-electron chi connectivity index (χ0n) is 18.8. The quantitative estimate of drug-likeness (QED) is 0.260. The first-order chi connectivity index (χ1) is 17.2. The summed E-state index contributed by atoms with van der Waals surface area (Å²) in [5.41, 5.74) is 4.70. The number of ether oxygens (including phenoxy) is 1. The SMILES string of the molecule is O=C(NO)OC1c2ccc([N+](=O)[O-])cc2CCN1S(=O)(=O)CCc1ccc(-c2ccc(Cl)cc2)cc1. The molecule has 188 valence electrons. The van der Waals surface area contributed by atoms with E-state index in [0.717, 1.165) is 21.0 Å². The molecular weight excluding hydrogens is 510 g/mol. The molecule has 1 aliphatic rings. The Labute approximate surface area is 212 Å². The second-order valence-electron chi connectivity index (χ2n) is 8.14. The molecule has 1 atom stereocenters. The summed E-state index contributed by atoms with van der Waals surface area (Å²) < 4.78 is 32.7. The van der Waals surface area contributed by atoms with Crippen LogP contribution in [-0.4, -0.2) is 41.2 Å². The number of nitro groups is 1. The number of hydrogen-bond acceptors (Lipinski definition) is 7. The number of aryl methyl sites for hydroxylation is 1. The van der Waals surface area contributed by atoms with Crippen LogP contribution in [0.4, 0.5) is 10.5 Å². The van der Waals surface area contributed by atoms with Crippen LogP contribution in [0.2, 0.25) is 5.02 Å². The Morgan fingerprint density at radius 3 is 2.36 bits per heavy atom. The maximum Gasteiger partial charge on any atom is 0.432 e. The van der Waals surface area contributed by atoms with Crippen LogP contribution in [0.1, 0.15) is 22.9 Å². The summed E-state index contributed by atoms with van der Waals surface area (Å²) in [6.07, 6.45) is -2.21. The second kappa shape index (κ2) is 10.6. The lowest BCUT2D eigenvalue weighted by Gasteiger charge is -2.35. The third kappa shape index (κ3) is 5.65. The Balaban J connectivity index is 1.52. The van der Waals surface area contributed by atoms with Crippen LogP contribution in [0.3, 0.4) is 0 Å². The molecule has 3 aromatic carbocycles. The highest BCUT2D eigenvalue weighted by atomic mass is 35.5.